The highest BCUT2D eigenvalue weighted by molar-refractivity contribution is 7.51. The van der Waals surface area contributed by atoms with E-state index in [1.807, 2.05) is 0 Å². The van der Waals surface area contributed by atoms with Crippen LogP contribution in [0.5, 0.6) is 0 Å². The maximum atomic E-state index is 10.8. The summed E-state index contributed by atoms with van der Waals surface area (Å²) in [5.74, 6) is 0. The van der Waals surface area contributed by atoms with Crippen molar-refractivity contribution < 1.29 is 14.0 Å². The summed E-state index contributed by atoms with van der Waals surface area (Å²) in [6, 6.07) is 0. The highest BCUT2D eigenvalue weighted by Crippen LogP contribution is 2.36. The van der Waals surface area contributed by atoms with Crippen LogP contribution >= 0.6 is 7.60 Å². The second-order valence-corrected chi connectivity index (χ2v) is 6.82. The van der Waals surface area contributed by atoms with Gasteiger partial charge >= 0.3 is 7.60 Å². The summed E-state index contributed by atoms with van der Waals surface area (Å²) in [7, 11) is -3.25. The number of hydrogen-bond acceptors (Lipinski definition) is 3. The number of hydrogen-bond donors (Lipinski definition) is 2. The molecule has 0 saturated carbocycles. The fraction of sp³-hybridized carbons (Fsp3) is 1.00. The standard InChI is InChI=1S/C13H30NO3P/c1-18(15,16)17-13-11-9-7-5-3-2-4-6-8-10-12-14/h2-14H2,1H3,(H,15,16). The van der Waals surface area contributed by atoms with E-state index in [9.17, 15) is 4.57 Å². The van der Waals surface area contributed by atoms with Crippen molar-refractivity contribution in [3.63, 3.8) is 0 Å². The Morgan fingerprint density at radius 1 is 0.889 bits per heavy atom. The molecule has 0 aromatic carbocycles. The molecule has 3 N–H and O–H groups in total. The van der Waals surface area contributed by atoms with E-state index in [0.29, 0.717) is 6.61 Å². The van der Waals surface area contributed by atoms with Crippen LogP contribution in [-0.4, -0.2) is 24.7 Å². The summed E-state index contributed by atoms with van der Waals surface area (Å²) >= 11 is 0. The van der Waals surface area contributed by atoms with Gasteiger partial charge in [-0.15, -0.1) is 0 Å². The first-order chi connectivity index (χ1) is 8.56. The van der Waals surface area contributed by atoms with Gasteiger partial charge in [-0.25, -0.2) is 0 Å². The third kappa shape index (κ3) is 16.1. The molecule has 0 aromatic rings. The first kappa shape index (κ1) is 18.1. The zero-order valence-electron chi connectivity index (χ0n) is 11.8. The lowest BCUT2D eigenvalue weighted by atomic mass is 10.1. The fourth-order valence-electron chi connectivity index (χ4n) is 1.89. The van der Waals surface area contributed by atoms with E-state index in [-0.39, 0.29) is 0 Å². The average Bonchev–Trinajstić information content (AvgIpc) is 2.29. The Morgan fingerprint density at radius 2 is 1.28 bits per heavy atom. The first-order valence-corrected chi connectivity index (χ1v) is 9.23. The monoisotopic (exact) mass is 279 g/mol. The van der Waals surface area contributed by atoms with E-state index in [1.54, 1.807) is 0 Å². The molecule has 0 fully saturated rings. The lowest BCUT2D eigenvalue weighted by Gasteiger charge is -2.06. The van der Waals surface area contributed by atoms with Crippen molar-refractivity contribution in [2.75, 3.05) is 19.8 Å². The molecular formula is C13H30NO3P. The fourth-order valence-corrected chi connectivity index (χ4v) is 2.36. The van der Waals surface area contributed by atoms with Crippen LogP contribution in [-0.2, 0) is 9.09 Å². The molecule has 0 aliphatic carbocycles. The number of rotatable bonds is 13. The van der Waals surface area contributed by atoms with Gasteiger partial charge in [0, 0.05) is 6.66 Å². The molecule has 0 aliphatic heterocycles. The highest BCUT2D eigenvalue weighted by Gasteiger charge is 2.08. The van der Waals surface area contributed by atoms with Gasteiger partial charge in [-0.2, -0.15) is 0 Å². The van der Waals surface area contributed by atoms with Crippen LogP contribution in [0, 0.1) is 0 Å². The minimum absolute atomic E-state index is 0.406. The molecule has 0 saturated heterocycles. The first-order valence-electron chi connectivity index (χ1n) is 7.21. The maximum absolute atomic E-state index is 10.8. The van der Waals surface area contributed by atoms with Crippen molar-refractivity contribution >= 4 is 7.60 Å². The minimum Gasteiger partial charge on any atom is -0.330 e. The highest BCUT2D eigenvalue weighted by atomic mass is 31.2. The van der Waals surface area contributed by atoms with Crippen LogP contribution in [0.15, 0.2) is 0 Å². The lowest BCUT2D eigenvalue weighted by Crippen LogP contribution is -1.97. The molecule has 0 rings (SSSR count). The third-order valence-electron chi connectivity index (χ3n) is 2.93. The summed E-state index contributed by atoms with van der Waals surface area (Å²) in [6.07, 6.45) is 12.1. The minimum atomic E-state index is -3.25. The van der Waals surface area contributed by atoms with Crippen molar-refractivity contribution in [3.8, 4) is 0 Å². The van der Waals surface area contributed by atoms with Crippen molar-refractivity contribution in [3.05, 3.63) is 0 Å². The molecule has 1 unspecified atom stereocenters. The van der Waals surface area contributed by atoms with Crippen LogP contribution in [0.25, 0.3) is 0 Å². The van der Waals surface area contributed by atoms with Gasteiger partial charge in [0.05, 0.1) is 6.61 Å². The zero-order valence-corrected chi connectivity index (χ0v) is 12.7. The molecule has 110 valence electrons. The Morgan fingerprint density at radius 3 is 1.67 bits per heavy atom. The summed E-state index contributed by atoms with van der Waals surface area (Å²) in [5.41, 5.74) is 5.43. The van der Waals surface area contributed by atoms with E-state index in [1.165, 1.54) is 51.6 Å². The number of unbranched alkanes of at least 4 members (excludes halogenated alkanes) is 9. The lowest BCUT2D eigenvalue weighted by molar-refractivity contribution is 0.257. The van der Waals surface area contributed by atoms with Crippen LogP contribution in [0.2, 0.25) is 0 Å². The van der Waals surface area contributed by atoms with Gasteiger partial charge in [0.2, 0.25) is 0 Å². The molecule has 0 amide bonds. The van der Waals surface area contributed by atoms with Crippen molar-refractivity contribution in [1.29, 1.82) is 0 Å². The van der Waals surface area contributed by atoms with Gasteiger partial charge in [0.15, 0.2) is 0 Å². The summed E-state index contributed by atoms with van der Waals surface area (Å²) in [5, 5.41) is 0. The van der Waals surface area contributed by atoms with Crippen LogP contribution in [0.1, 0.15) is 64.2 Å². The topological polar surface area (TPSA) is 72.5 Å². The Labute approximate surface area is 112 Å². The molecule has 0 aromatic heterocycles. The Bertz CT molecular complexity index is 218. The average molecular weight is 279 g/mol. The predicted octanol–water partition coefficient (Wildman–Crippen LogP) is 3.68. The van der Waals surface area contributed by atoms with Gasteiger partial charge in [0.25, 0.3) is 0 Å². The largest absolute Gasteiger partial charge is 0.330 e. The summed E-state index contributed by atoms with van der Waals surface area (Å²) < 4.78 is 15.6. The molecule has 1 atom stereocenters. The van der Waals surface area contributed by atoms with Crippen molar-refractivity contribution in [2.24, 2.45) is 5.73 Å². The maximum Gasteiger partial charge on any atom is 0.325 e. The Kier molecular flexibility index (Phi) is 12.2. The number of nitrogens with two attached hydrogens (primary N) is 1. The van der Waals surface area contributed by atoms with Gasteiger partial charge in [-0.3, -0.25) is 4.57 Å². The molecule has 0 heterocycles. The summed E-state index contributed by atoms with van der Waals surface area (Å²) in [6.45, 7) is 2.46. The normalized spacial score (nSPS) is 14.6. The molecule has 5 heteroatoms. The molecule has 0 radical (unpaired) electrons. The molecule has 0 aliphatic rings. The van der Waals surface area contributed by atoms with Gasteiger partial charge in [0.1, 0.15) is 0 Å². The van der Waals surface area contributed by atoms with E-state index in [2.05, 4.69) is 0 Å². The van der Waals surface area contributed by atoms with E-state index in [4.69, 9.17) is 15.2 Å². The second kappa shape index (κ2) is 12.2. The Hall–Kier alpha value is 0.110. The SMILES string of the molecule is CP(=O)(O)OCCCCCCCCCCCCN. The smallest absolute Gasteiger partial charge is 0.325 e. The third-order valence-corrected chi connectivity index (χ3v) is 3.59. The van der Waals surface area contributed by atoms with Crippen LogP contribution in [0.4, 0.5) is 0 Å². The van der Waals surface area contributed by atoms with E-state index >= 15 is 0 Å². The van der Waals surface area contributed by atoms with Crippen molar-refractivity contribution in [2.45, 2.75) is 64.2 Å². The van der Waals surface area contributed by atoms with Gasteiger partial charge in [-0.05, 0) is 19.4 Å². The van der Waals surface area contributed by atoms with Crippen molar-refractivity contribution in [1.82, 2.24) is 0 Å². The van der Waals surface area contributed by atoms with Crippen LogP contribution < -0.4 is 5.73 Å². The van der Waals surface area contributed by atoms with Crippen LogP contribution in [0.3, 0.4) is 0 Å². The van der Waals surface area contributed by atoms with Gasteiger partial charge < -0.3 is 15.2 Å². The second-order valence-electron chi connectivity index (χ2n) is 4.96. The molecule has 0 spiro atoms. The molecule has 18 heavy (non-hydrogen) atoms. The predicted molar refractivity (Wildman–Crippen MR) is 76.9 cm³/mol. The van der Waals surface area contributed by atoms with E-state index in [0.717, 1.165) is 25.8 Å². The van der Waals surface area contributed by atoms with Gasteiger partial charge in [-0.1, -0.05) is 51.4 Å². The quantitative estimate of drug-likeness (QED) is 0.398. The Balaban J connectivity index is 3.01. The molecule has 4 nitrogen and oxygen atoms in total. The molecular weight excluding hydrogens is 249 g/mol. The van der Waals surface area contributed by atoms with E-state index < -0.39 is 7.60 Å². The summed E-state index contributed by atoms with van der Waals surface area (Å²) in [4.78, 5) is 8.90. The zero-order chi connectivity index (χ0) is 13.7. The molecule has 0 bridgehead atoms.